The number of rotatable bonds is 4. The predicted octanol–water partition coefficient (Wildman–Crippen LogP) is 4.94. The number of nitrogens with zero attached hydrogens (tertiary/aromatic N) is 1. The van der Waals surface area contributed by atoms with E-state index in [4.69, 9.17) is 12.2 Å². The molecule has 20 heavy (non-hydrogen) atoms. The third-order valence-corrected chi connectivity index (χ3v) is 4.29. The third-order valence-electron chi connectivity index (χ3n) is 3.89. The summed E-state index contributed by atoms with van der Waals surface area (Å²) in [6.45, 7) is 4.27. The van der Waals surface area contributed by atoms with Gasteiger partial charge in [0.2, 0.25) is 0 Å². The van der Waals surface area contributed by atoms with Crippen LogP contribution < -0.4 is 0 Å². The maximum absolute atomic E-state index is 5.43. The lowest BCUT2D eigenvalue weighted by Crippen LogP contribution is -1.99. The fourth-order valence-corrected chi connectivity index (χ4v) is 2.76. The molecule has 2 nitrogen and oxygen atoms in total. The van der Waals surface area contributed by atoms with Crippen molar-refractivity contribution in [3.8, 4) is 11.3 Å². The summed E-state index contributed by atoms with van der Waals surface area (Å²) in [5.41, 5.74) is 4.83. The molecule has 0 amide bonds. The smallest absolute Gasteiger partial charge is 0.133 e. The lowest BCUT2D eigenvalue weighted by Gasteiger charge is -2.10. The topological polar surface area (TPSA) is 28.7 Å². The summed E-state index contributed by atoms with van der Waals surface area (Å²) in [6.07, 6.45) is 4.75. The van der Waals surface area contributed by atoms with Crippen molar-refractivity contribution in [2.45, 2.75) is 45.4 Å². The molecule has 1 fully saturated rings. The van der Waals surface area contributed by atoms with Crippen LogP contribution in [-0.4, -0.2) is 9.97 Å². The molecule has 3 rings (SSSR count). The zero-order valence-corrected chi connectivity index (χ0v) is 12.9. The Morgan fingerprint density at radius 1 is 1.35 bits per heavy atom. The van der Waals surface area contributed by atoms with Crippen molar-refractivity contribution in [1.29, 1.82) is 0 Å². The Balaban J connectivity index is 2.08. The predicted molar refractivity (Wildman–Crippen MR) is 85.6 cm³/mol. The summed E-state index contributed by atoms with van der Waals surface area (Å²) < 4.78 is 0.738. The Hall–Kier alpha value is -1.48. The molecule has 1 aromatic carbocycles. The second-order valence-corrected chi connectivity index (χ2v) is 6.04. The molecule has 2 aromatic rings. The molecular formula is C17H20N2S. The van der Waals surface area contributed by atoms with E-state index in [-0.39, 0.29) is 0 Å². The number of H-pyrrole nitrogens is 1. The molecule has 0 atom stereocenters. The number of hydrogen-bond donors (Lipinski definition) is 1. The standard InChI is InChI=1S/C17H20N2S/c1-3-5-12-6-4-7-14(10-12)15-11(2)17(20)19-16(18-15)13-8-9-13/h4,6-7,10,13H,3,5,8-9H2,1-2H3,(H,18,19,20). The summed E-state index contributed by atoms with van der Waals surface area (Å²) in [5.74, 6) is 1.66. The molecule has 0 unspecified atom stereocenters. The van der Waals surface area contributed by atoms with Gasteiger partial charge < -0.3 is 4.98 Å². The van der Waals surface area contributed by atoms with Gasteiger partial charge in [0.25, 0.3) is 0 Å². The maximum Gasteiger partial charge on any atom is 0.133 e. The maximum atomic E-state index is 5.43. The van der Waals surface area contributed by atoms with E-state index in [2.05, 4.69) is 48.1 Å². The average Bonchev–Trinajstić information content (AvgIpc) is 3.27. The highest BCUT2D eigenvalue weighted by Gasteiger charge is 2.26. The van der Waals surface area contributed by atoms with Crippen LogP contribution in [0.3, 0.4) is 0 Å². The van der Waals surface area contributed by atoms with E-state index in [0.29, 0.717) is 5.92 Å². The number of aryl methyl sites for hydroxylation is 1. The van der Waals surface area contributed by atoms with Crippen molar-refractivity contribution in [3.05, 3.63) is 45.9 Å². The molecule has 0 bridgehead atoms. The summed E-state index contributed by atoms with van der Waals surface area (Å²) in [5, 5.41) is 0. The van der Waals surface area contributed by atoms with Crippen LogP contribution in [0.5, 0.6) is 0 Å². The van der Waals surface area contributed by atoms with E-state index < -0.39 is 0 Å². The van der Waals surface area contributed by atoms with Crippen molar-refractivity contribution < 1.29 is 0 Å². The van der Waals surface area contributed by atoms with Gasteiger partial charge in [-0.2, -0.15) is 0 Å². The normalized spacial score (nSPS) is 14.5. The lowest BCUT2D eigenvalue weighted by molar-refractivity contribution is 0.910. The Kier molecular flexibility index (Phi) is 3.70. The molecular weight excluding hydrogens is 264 g/mol. The minimum Gasteiger partial charge on any atom is -0.343 e. The van der Waals surface area contributed by atoms with Gasteiger partial charge >= 0.3 is 0 Å². The minimum absolute atomic E-state index is 0.592. The third kappa shape index (κ3) is 2.68. The van der Waals surface area contributed by atoms with Crippen LogP contribution in [0.25, 0.3) is 11.3 Å². The Morgan fingerprint density at radius 2 is 2.15 bits per heavy atom. The quantitative estimate of drug-likeness (QED) is 0.805. The number of nitrogens with one attached hydrogen (secondary N) is 1. The van der Waals surface area contributed by atoms with E-state index in [1.54, 1.807) is 0 Å². The second-order valence-electron chi connectivity index (χ2n) is 5.65. The number of benzene rings is 1. The molecule has 1 aliphatic carbocycles. The van der Waals surface area contributed by atoms with E-state index >= 15 is 0 Å². The van der Waals surface area contributed by atoms with Crippen LogP contribution in [0.2, 0.25) is 0 Å². The summed E-state index contributed by atoms with van der Waals surface area (Å²) in [7, 11) is 0. The average molecular weight is 284 g/mol. The van der Waals surface area contributed by atoms with Crippen LogP contribution in [0.15, 0.2) is 24.3 Å². The zero-order valence-electron chi connectivity index (χ0n) is 12.1. The molecule has 0 spiro atoms. The monoisotopic (exact) mass is 284 g/mol. The largest absolute Gasteiger partial charge is 0.343 e. The summed E-state index contributed by atoms with van der Waals surface area (Å²) >= 11 is 5.43. The van der Waals surface area contributed by atoms with Gasteiger partial charge in [-0.25, -0.2) is 4.98 Å². The van der Waals surface area contributed by atoms with Crippen molar-refractivity contribution in [2.24, 2.45) is 0 Å². The highest BCUT2D eigenvalue weighted by atomic mass is 32.1. The van der Waals surface area contributed by atoms with E-state index in [1.807, 2.05) is 0 Å². The van der Waals surface area contributed by atoms with Crippen molar-refractivity contribution in [3.63, 3.8) is 0 Å². The Bertz CT molecular complexity index is 684. The molecule has 1 saturated carbocycles. The van der Waals surface area contributed by atoms with Crippen LogP contribution in [0.4, 0.5) is 0 Å². The van der Waals surface area contributed by atoms with Gasteiger partial charge in [-0.05, 0) is 43.4 Å². The first-order valence-corrected chi connectivity index (χ1v) is 7.80. The van der Waals surface area contributed by atoms with Gasteiger partial charge in [0.1, 0.15) is 10.5 Å². The number of aromatic nitrogens is 2. The van der Waals surface area contributed by atoms with Crippen LogP contribution in [0, 0.1) is 11.6 Å². The Labute approximate surface area is 125 Å². The SMILES string of the molecule is CCCc1cccc(-c2[nH]c(C3CC3)nc(=S)c2C)c1. The lowest BCUT2D eigenvalue weighted by atomic mass is 10.0. The van der Waals surface area contributed by atoms with Crippen LogP contribution in [0.1, 0.15) is 49.1 Å². The molecule has 1 aromatic heterocycles. The molecule has 1 N–H and O–H groups in total. The molecule has 104 valence electrons. The zero-order chi connectivity index (χ0) is 14.1. The van der Waals surface area contributed by atoms with Gasteiger partial charge in [0, 0.05) is 11.5 Å². The van der Waals surface area contributed by atoms with E-state index in [0.717, 1.165) is 28.1 Å². The number of aromatic amines is 1. The van der Waals surface area contributed by atoms with Gasteiger partial charge in [-0.15, -0.1) is 0 Å². The van der Waals surface area contributed by atoms with Gasteiger partial charge in [0.15, 0.2) is 0 Å². The summed E-state index contributed by atoms with van der Waals surface area (Å²) in [6, 6.07) is 8.76. The molecule has 0 radical (unpaired) electrons. The fraction of sp³-hybridized carbons (Fsp3) is 0.412. The van der Waals surface area contributed by atoms with Crippen LogP contribution in [-0.2, 0) is 6.42 Å². The van der Waals surface area contributed by atoms with E-state index in [1.165, 1.54) is 30.4 Å². The minimum atomic E-state index is 0.592. The molecule has 1 heterocycles. The van der Waals surface area contributed by atoms with Crippen molar-refractivity contribution in [2.75, 3.05) is 0 Å². The second kappa shape index (κ2) is 5.49. The van der Waals surface area contributed by atoms with Gasteiger partial charge in [0.05, 0.1) is 5.69 Å². The molecule has 0 aliphatic heterocycles. The first-order valence-electron chi connectivity index (χ1n) is 7.39. The molecule has 1 aliphatic rings. The first-order chi connectivity index (χ1) is 9.69. The van der Waals surface area contributed by atoms with E-state index in [9.17, 15) is 0 Å². The molecule has 0 saturated heterocycles. The number of hydrogen-bond acceptors (Lipinski definition) is 2. The van der Waals surface area contributed by atoms with Gasteiger partial charge in [-0.3, -0.25) is 0 Å². The fourth-order valence-electron chi connectivity index (χ4n) is 2.56. The first kappa shape index (κ1) is 13.5. The van der Waals surface area contributed by atoms with Crippen molar-refractivity contribution >= 4 is 12.2 Å². The Morgan fingerprint density at radius 3 is 2.85 bits per heavy atom. The van der Waals surface area contributed by atoms with Crippen LogP contribution >= 0.6 is 12.2 Å². The van der Waals surface area contributed by atoms with Crippen molar-refractivity contribution in [1.82, 2.24) is 9.97 Å². The highest BCUT2D eigenvalue weighted by molar-refractivity contribution is 7.71. The highest BCUT2D eigenvalue weighted by Crippen LogP contribution is 2.39. The molecule has 3 heteroatoms. The summed E-state index contributed by atoms with van der Waals surface area (Å²) in [4.78, 5) is 8.06. The van der Waals surface area contributed by atoms with Gasteiger partial charge in [-0.1, -0.05) is 43.8 Å².